The van der Waals surface area contributed by atoms with Crippen LogP contribution in [0.5, 0.6) is 0 Å². The average Bonchev–Trinajstić information content (AvgIpc) is 3.02. The highest BCUT2D eigenvalue weighted by Gasteiger charge is 2.45. The number of hydrogen-bond donors (Lipinski definition) is 1. The van der Waals surface area contributed by atoms with E-state index in [0.717, 1.165) is 50.8 Å². The summed E-state index contributed by atoms with van der Waals surface area (Å²) in [6, 6.07) is 7.55. The van der Waals surface area contributed by atoms with E-state index in [2.05, 4.69) is 5.32 Å². The molecule has 1 N–H and O–H groups in total. The first-order valence-corrected chi connectivity index (χ1v) is 8.82. The van der Waals surface area contributed by atoms with Crippen molar-refractivity contribution in [2.24, 2.45) is 0 Å². The molecular weight excluding hydrogens is 312 g/mol. The van der Waals surface area contributed by atoms with E-state index in [1.807, 2.05) is 29.2 Å². The second-order valence-electron chi connectivity index (χ2n) is 6.54. The minimum absolute atomic E-state index is 0.0419. The van der Waals surface area contributed by atoms with Crippen LogP contribution in [0, 0.1) is 0 Å². The van der Waals surface area contributed by atoms with Crippen LogP contribution in [0.2, 0.25) is 5.02 Å². The van der Waals surface area contributed by atoms with Crippen molar-refractivity contribution in [1.82, 2.24) is 10.2 Å². The molecule has 1 heterocycles. The Morgan fingerprint density at radius 1 is 1.09 bits per heavy atom. The van der Waals surface area contributed by atoms with Gasteiger partial charge in [0, 0.05) is 31.1 Å². The van der Waals surface area contributed by atoms with E-state index < -0.39 is 5.41 Å². The maximum Gasteiger partial charge on any atom is 0.230 e. The molecule has 2 fully saturated rings. The summed E-state index contributed by atoms with van der Waals surface area (Å²) in [5, 5.41) is 3.65. The largest absolute Gasteiger partial charge is 0.355 e. The molecular formula is C18H23ClN2O2. The third kappa shape index (κ3) is 3.37. The Morgan fingerprint density at radius 3 is 2.30 bits per heavy atom. The van der Waals surface area contributed by atoms with E-state index in [1.54, 1.807) is 0 Å². The number of halogens is 1. The third-order valence-corrected chi connectivity index (χ3v) is 5.37. The van der Waals surface area contributed by atoms with Crippen LogP contribution in [0.4, 0.5) is 0 Å². The Labute approximate surface area is 142 Å². The van der Waals surface area contributed by atoms with Gasteiger partial charge in [-0.2, -0.15) is 0 Å². The molecule has 1 saturated heterocycles. The highest BCUT2D eigenvalue weighted by atomic mass is 35.5. The van der Waals surface area contributed by atoms with Crippen molar-refractivity contribution in [2.45, 2.75) is 43.9 Å². The second-order valence-corrected chi connectivity index (χ2v) is 6.97. The van der Waals surface area contributed by atoms with Gasteiger partial charge in [0.25, 0.3) is 0 Å². The zero-order valence-electron chi connectivity index (χ0n) is 13.3. The zero-order chi connectivity index (χ0) is 16.3. The first kappa shape index (κ1) is 16.3. The molecule has 23 heavy (non-hydrogen) atoms. The minimum atomic E-state index is -0.429. The van der Waals surface area contributed by atoms with Gasteiger partial charge in [-0.25, -0.2) is 0 Å². The number of amides is 2. The molecule has 1 aliphatic heterocycles. The molecule has 0 aromatic heterocycles. The van der Waals surface area contributed by atoms with Gasteiger partial charge < -0.3 is 10.2 Å². The van der Waals surface area contributed by atoms with E-state index in [0.29, 0.717) is 18.0 Å². The molecule has 3 rings (SSSR count). The number of likely N-dealkylation sites (tertiary alicyclic amines) is 1. The fraction of sp³-hybridized carbons (Fsp3) is 0.556. The monoisotopic (exact) mass is 334 g/mol. The first-order valence-electron chi connectivity index (χ1n) is 8.44. The SMILES string of the molecule is O=C(CCNC(=O)C1(c2ccc(Cl)cc2)CCC1)N1CCCC1. The van der Waals surface area contributed by atoms with Gasteiger partial charge in [0.15, 0.2) is 0 Å². The summed E-state index contributed by atoms with van der Waals surface area (Å²) >= 11 is 5.94. The summed E-state index contributed by atoms with van der Waals surface area (Å²) in [7, 11) is 0. The highest BCUT2D eigenvalue weighted by Crippen LogP contribution is 2.44. The van der Waals surface area contributed by atoms with E-state index in [4.69, 9.17) is 11.6 Å². The number of benzene rings is 1. The molecule has 0 spiro atoms. The minimum Gasteiger partial charge on any atom is -0.355 e. The Hall–Kier alpha value is -1.55. The molecule has 5 heteroatoms. The van der Waals surface area contributed by atoms with Crippen LogP contribution in [0.1, 0.15) is 44.1 Å². The van der Waals surface area contributed by atoms with Gasteiger partial charge in [-0.05, 0) is 43.4 Å². The van der Waals surface area contributed by atoms with Crippen LogP contribution in [0.3, 0.4) is 0 Å². The van der Waals surface area contributed by atoms with Crippen molar-refractivity contribution in [3.05, 3.63) is 34.9 Å². The summed E-state index contributed by atoms with van der Waals surface area (Å²) in [6.45, 7) is 2.15. The van der Waals surface area contributed by atoms with Gasteiger partial charge in [0.05, 0.1) is 5.41 Å². The van der Waals surface area contributed by atoms with Crippen LogP contribution in [-0.4, -0.2) is 36.3 Å². The van der Waals surface area contributed by atoms with Gasteiger partial charge in [-0.15, -0.1) is 0 Å². The normalized spacial score (nSPS) is 19.3. The predicted molar refractivity (Wildman–Crippen MR) is 90.4 cm³/mol. The highest BCUT2D eigenvalue weighted by molar-refractivity contribution is 6.30. The van der Waals surface area contributed by atoms with Crippen LogP contribution >= 0.6 is 11.6 Å². The molecule has 2 amide bonds. The summed E-state index contributed by atoms with van der Waals surface area (Å²) in [4.78, 5) is 26.6. The fourth-order valence-electron chi connectivity index (χ4n) is 3.52. The number of rotatable bonds is 5. The molecule has 1 saturated carbocycles. The maximum absolute atomic E-state index is 12.7. The molecule has 0 unspecified atom stereocenters. The van der Waals surface area contributed by atoms with Crippen molar-refractivity contribution < 1.29 is 9.59 Å². The van der Waals surface area contributed by atoms with Crippen molar-refractivity contribution in [3.8, 4) is 0 Å². The smallest absolute Gasteiger partial charge is 0.230 e. The lowest BCUT2D eigenvalue weighted by Gasteiger charge is -2.40. The lowest BCUT2D eigenvalue weighted by atomic mass is 9.64. The molecule has 2 aliphatic rings. The van der Waals surface area contributed by atoms with Gasteiger partial charge in [-0.3, -0.25) is 9.59 Å². The van der Waals surface area contributed by atoms with Crippen molar-refractivity contribution >= 4 is 23.4 Å². The molecule has 1 aromatic rings. The molecule has 1 aliphatic carbocycles. The lowest BCUT2D eigenvalue weighted by Crippen LogP contribution is -2.49. The first-order chi connectivity index (χ1) is 11.1. The van der Waals surface area contributed by atoms with Gasteiger partial charge in [0.1, 0.15) is 0 Å². The van der Waals surface area contributed by atoms with Crippen LogP contribution in [0.25, 0.3) is 0 Å². The summed E-state index contributed by atoms with van der Waals surface area (Å²) < 4.78 is 0. The number of carbonyl (C=O) groups excluding carboxylic acids is 2. The Kier molecular flexibility index (Phi) is 4.90. The molecule has 124 valence electrons. The summed E-state index contributed by atoms with van der Waals surface area (Å²) in [5.41, 5.74) is 0.595. The fourth-order valence-corrected chi connectivity index (χ4v) is 3.65. The number of nitrogens with zero attached hydrogens (tertiary/aromatic N) is 1. The Balaban J connectivity index is 1.55. The Morgan fingerprint density at radius 2 is 1.74 bits per heavy atom. The van der Waals surface area contributed by atoms with Crippen LogP contribution < -0.4 is 5.32 Å². The van der Waals surface area contributed by atoms with Gasteiger partial charge in [0.2, 0.25) is 11.8 Å². The van der Waals surface area contributed by atoms with Gasteiger partial charge in [-0.1, -0.05) is 30.2 Å². The van der Waals surface area contributed by atoms with E-state index in [9.17, 15) is 9.59 Å². The summed E-state index contributed by atoms with van der Waals surface area (Å²) in [5.74, 6) is 0.192. The molecule has 0 bridgehead atoms. The Bertz CT molecular complexity index is 575. The van der Waals surface area contributed by atoms with Gasteiger partial charge >= 0.3 is 0 Å². The van der Waals surface area contributed by atoms with Crippen molar-refractivity contribution in [3.63, 3.8) is 0 Å². The topological polar surface area (TPSA) is 49.4 Å². The van der Waals surface area contributed by atoms with Crippen LogP contribution in [0.15, 0.2) is 24.3 Å². The predicted octanol–water partition coefficient (Wildman–Crippen LogP) is 2.89. The van der Waals surface area contributed by atoms with Crippen LogP contribution in [-0.2, 0) is 15.0 Å². The van der Waals surface area contributed by atoms with Crippen molar-refractivity contribution in [2.75, 3.05) is 19.6 Å². The van der Waals surface area contributed by atoms with E-state index in [1.165, 1.54) is 0 Å². The molecule has 0 radical (unpaired) electrons. The number of carbonyl (C=O) groups is 2. The average molecular weight is 335 g/mol. The number of hydrogen-bond acceptors (Lipinski definition) is 2. The maximum atomic E-state index is 12.7. The zero-order valence-corrected chi connectivity index (χ0v) is 14.1. The molecule has 4 nitrogen and oxygen atoms in total. The second kappa shape index (κ2) is 6.91. The van der Waals surface area contributed by atoms with E-state index >= 15 is 0 Å². The number of nitrogens with one attached hydrogen (secondary N) is 1. The molecule has 0 atom stereocenters. The molecule has 1 aromatic carbocycles. The quantitative estimate of drug-likeness (QED) is 0.900. The van der Waals surface area contributed by atoms with Crippen molar-refractivity contribution in [1.29, 1.82) is 0 Å². The third-order valence-electron chi connectivity index (χ3n) is 5.12. The standard InChI is InChI=1S/C18H23ClN2O2/c19-15-6-4-14(5-7-15)18(9-3-10-18)17(23)20-11-8-16(22)21-12-1-2-13-21/h4-7H,1-3,8-13H2,(H,20,23). The summed E-state index contributed by atoms with van der Waals surface area (Å²) in [6.07, 6.45) is 5.36. The van der Waals surface area contributed by atoms with E-state index in [-0.39, 0.29) is 11.8 Å². The lowest BCUT2D eigenvalue weighted by molar-refractivity contribution is -0.131.